The minimum Gasteiger partial charge on any atom is -0.351 e. The van der Waals surface area contributed by atoms with Crippen molar-refractivity contribution < 1.29 is 13.2 Å². The number of halogens is 3. The highest BCUT2D eigenvalue weighted by Crippen LogP contribution is 2.31. The molecule has 1 aromatic heterocycles. The summed E-state index contributed by atoms with van der Waals surface area (Å²) in [6, 6.07) is 6.87. The van der Waals surface area contributed by atoms with Crippen LogP contribution in [0.1, 0.15) is 68.7 Å². The number of alkyl halides is 3. The zero-order chi connectivity index (χ0) is 20.3. The van der Waals surface area contributed by atoms with Crippen LogP contribution >= 0.6 is 0 Å². The SMILES string of the molecule is Cc1cc(Nc2cc(C(F)(F)F)nc(NC3CCCCC3)n2)ccc1C(C)C. The second-order valence-electron chi connectivity index (χ2n) is 7.79. The molecule has 1 aliphatic rings. The summed E-state index contributed by atoms with van der Waals surface area (Å²) in [5, 5.41) is 6.10. The van der Waals surface area contributed by atoms with Gasteiger partial charge in [0.25, 0.3) is 0 Å². The van der Waals surface area contributed by atoms with Gasteiger partial charge in [-0.3, -0.25) is 0 Å². The largest absolute Gasteiger partial charge is 0.433 e. The monoisotopic (exact) mass is 392 g/mol. The molecule has 1 saturated carbocycles. The lowest BCUT2D eigenvalue weighted by molar-refractivity contribution is -0.141. The number of aromatic nitrogens is 2. The van der Waals surface area contributed by atoms with Crippen molar-refractivity contribution in [2.75, 3.05) is 10.6 Å². The highest BCUT2D eigenvalue weighted by Gasteiger charge is 2.34. The van der Waals surface area contributed by atoms with Crippen molar-refractivity contribution in [1.29, 1.82) is 0 Å². The Hall–Kier alpha value is -2.31. The molecule has 2 N–H and O–H groups in total. The Morgan fingerprint density at radius 2 is 1.75 bits per heavy atom. The zero-order valence-electron chi connectivity index (χ0n) is 16.5. The average molecular weight is 392 g/mol. The summed E-state index contributed by atoms with van der Waals surface area (Å²) in [5.74, 6) is 0.549. The molecule has 0 aliphatic heterocycles. The third kappa shape index (κ3) is 5.14. The fourth-order valence-electron chi connectivity index (χ4n) is 3.70. The molecule has 152 valence electrons. The summed E-state index contributed by atoms with van der Waals surface area (Å²) >= 11 is 0. The summed E-state index contributed by atoms with van der Waals surface area (Å²) in [6.45, 7) is 6.22. The van der Waals surface area contributed by atoms with Gasteiger partial charge in [0.2, 0.25) is 5.95 Å². The minimum atomic E-state index is -4.53. The smallest absolute Gasteiger partial charge is 0.351 e. The Kier molecular flexibility index (Phi) is 6.10. The summed E-state index contributed by atoms with van der Waals surface area (Å²) in [6.07, 6.45) is 0.642. The lowest BCUT2D eigenvalue weighted by Gasteiger charge is -2.23. The molecule has 0 atom stereocenters. The lowest BCUT2D eigenvalue weighted by Crippen LogP contribution is -2.24. The quantitative estimate of drug-likeness (QED) is 0.617. The maximum Gasteiger partial charge on any atom is 0.433 e. The van der Waals surface area contributed by atoms with Gasteiger partial charge in [-0.2, -0.15) is 18.2 Å². The molecule has 1 heterocycles. The molecule has 7 heteroatoms. The number of hydrogen-bond donors (Lipinski definition) is 2. The third-order valence-electron chi connectivity index (χ3n) is 5.12. The van der Waals surface area contributed by atoms with Crippen molar-refractivity contribution in [3.8, 4) is 0 Å². The molecular weight excluding hydrogens is 365 g/mol. The van der Waals surface area contributed by atoms with E-state index in [-0.39, 0.29) is 17.8 Å². The van der Waals surface area contributed by atoms with E-state index < -0.39 is 11.9 Å². The van der Waals surface area contributed by atoms with Gasteiger partial charge in [0.05, 0.1) is 0 Å². The fraction of sp³-hybridized carbons (Fsp3) is 0.524. The van der Waals surface area contributed by atoms with Gasteiger partial charge in [0, 0.05) is 17.8 Å². The maximum absolute atomic E-state index is 13.3. The van der Waals surface area contributed by atoms with Crippen molar-refractivity contribution in [2.45, 2.75) is 71.0 Å². The molecule has 0 amide bonds. The predicted molar refractivity (Wildman–Crippen MR) is 106 cm³/mol. The van der Waals surface area contributed by atoms with Gasteiger partial charge in [-0.25, -0.2) is 4.98 Å². The lowest BCUT2D eigenvalue weighted by atomic mass is 9.96. The van der Waals surface area contributed by atoms with Gasteiger partial charge in [0.15, 0.2) is 5.69 Å². The molecule has 28 heavy (non-hydrogen) atoms. The summed E-state index contributed by atoms with van der Waals surface area (Å²) in [5.41, 5.74) is 2.06. The Morgan fingerprint density at radius 1 is 1.04 bits per heavy atom. The molecule has 1 aliphatic carbocycles. The third-order valence-corrected chi connectivity index (χ3v) is 5.12. The minimum absolute atomic E-state index is 0.0275. The summed E-state index contributed by atoms with van der Waals surface area (Å²) < 4.78 is 40.0. The van der Waals surface area contributed by atoms with E-state index >= 15 is 0 Å². The molecule has 1 fully saturated rings. The van der Waals surface area contributed by atoms with Crippen LogP contribution in [0.5, 0.6) is 0 Å². The number of aryl methyl sites for hydroxylation is 1. The first kappa shape index (κ1) is 20.4. The zero-order valence-corrected chi connectivity index (χ0v) is 16.5. The van der Waals surface area contributed by atoms with E-state index in [2.05, 4.69) is 34.4 Å². The van der Waals surface area contributed by atoms with Gasteiger partial charge in [-0.15, -0.1) is 0 Å². The van der Waals surface area contributed by atoms with Gasteiger partial charge >= 0.3 is 6.18 Å². The van der Waals surface area contributed by atoms with Crippen LogP contribution in [0.2, 0.25) is 0 Å². The predicted octanol–water partition coefficient (Wildman–Crippen LogP) is 6.42. The first-order chi connectivity index (χ1) is 13.2. The Balaban J connectivity index is 1.86. The molecule has 1 aromatic carbocycles. The van der Waals surface area contributed by atoms with Gasteiger partial charge < -0.3 is 10.6 Å². The number of benzene rings is 1. The highest BCUT2D eigenvalue weighted by molar-refractivity contribution is 5.60. The Labute approximate surface area is 164 Å². The van der Waals surface area contributed by atoms with E-state index in [0.717, 1.165) is 37.3 Å². The molecule has 2 aromatic rings. The van der Waals surface area contributed by atoms with E-state index in [1.165, 1.54) is 12.0 Å². The van der Waals surface area contributed by atoms with Gasteiger partial charge in [0.1, 0.15) is 5.82 Å². The first-order valence-electron chi connectivity index (χ1n) is 9.83. The van der Waals surface area contributed by atoms with E-state index in [1.54, 1.807) is 0 Å². The second kappa shape index (κ2) is 8.37. The van der Waals surface area contributed by atoms with Crippen molar-refractivity contribution in [1.82, 2.24) is 9.97 Å². The molecule has 0 radical (unpaired) electrons. The molecule has 3 rings (SSSR count). The number of nitrogens with one attached hydrogen (secondary N) is 2. The maximum atomic E-state index is 13.3. The normalized spacial score (nSPS) is 15.7. The number of hydrogen-bond acceptors (Lipinski definition) is 4. The molecule has 4 nitrogen and oxygen atoms in total. The molecule has 0 saturated heterocycles. The summed E-state index contributed by atoms with van der Waals surface area (Å²) in [4.78, 5) is 8.00. The van der Waals surface area contributed by atoms with Crippen LogP contribution in [0.4, 0.5) is 30.6 Å². The van der Waals surface area contributed by atoms with Gasteiger partial charge in [-0.05, 0) is 48.9 Å². The van der Waals surface area contributed by atoms with Crippen LogP contribution in [0.15, 0.2) is 24.3 Å². The van der Waals surface area contributed by atoms with Crippen LogP contribution in [0.25, 0.3) is 0 Å². The number of anilines is 3. The Morgan fingerprint density at radius 3 is 2.36 bits per heavy atom. The highest BCUT2D eigenvalue weighted by atomic mass is 19.4. The van der Waals surface area contributed by atoms with Crippen molar-refractivity contribution in [3.05, 3.63) is 41.1 Å². The molecule has 0 bridgehead atoms. The van der Waals surface area contributed by atoms with Gasteiger partial charge in [-0.1, -0.05) is 39.2 Å². The van der Waals surface area contributed by atoms with E-state index in [0.29, 0.717) is 11.6 Å². The van der Waals surface area contributed by atoms with Crippen molar-refractivity contribution >= 4 is 17.5 Å². The Bertz CT molecular complexity index is 812. The second-order valence-corrected chi connectivity index (χ2v) is 7.79. The van der Waals surface area contributed by atoms with E-state index in [1.807, 2.05) is 25.1 Å². The average Bonchev–Trinajstić information content (AvgIpc) is 2.61. The van der Waals surface area contributed by atoms with Crippen LogP contribution in [-0.2, 0) is 6.18 Å². The van der Waals surface area contributed by atoms with E-state index in [4.69, 9.17) is 0 Å². The van der Waals surface area contributed by atoms with Crippen LogP contribution in [0.3, 0.4) is 0 Å². The van der Waals surface area contributed by atoms with Crippen LogP contribution < -0.4 is 10.6 Å². The number of nitrogens with zero attached hydrogens (tertiary/aromatic N) is 2. The van der Waals surface area contributed by atoms with Crippen LogP contribution in [-0.4, -0.2) is 16.0 Å². The van der Waals surface area contributed by atoms with Crippen molar-refractivity contribution in [2.24, 2.45) is 0 Å². The van der Waals surface area contributed by atoms with Crippen molar-refractivity contribution in [3.63, 3.8) is 0 Å². The van der Waals surface area contributed by atoms with Crippen LogP contribution in [0, 0.1) is 6.92 Å². The topological polar surface area (TPSA) is 49.8 Å². The molecule has 0 unspecified atom stereocenters. The standard InChI is InChI=1S/C21H27F3N4/c1-13(2)17-10-9-16(11-14(17)3)25-19-12-18(21(22,23)24)27-20(28-19)26-15-7-5-4-6-8-15/h9-13,15H,4-8H2,1-3H3,(H2,25,26,27,28). The molecule has 0 spiro atoms. The van der Waals surface area contributed by atoms with E-state index in [9.17, 15) is 13.2 Å². The number of rotatable bonds is 5. The first-order valence-corrected chi connectivity index (χ1v) is 9.83. The fourth-order valence-corrected chi connectivity index (χ4v) is 3.70. The molecular formula is C21H27F3N4. The summed E-state index contributed by atoms with van der Waals surface area (Å²) in [7, 11) is 0.